The topological polar surface area (TPSA) is 75.5 Å². The molecule has 1 atom stereocenters. The van der Waals surface area contributed by atoms with Crippen molar-refractivity contribution in [1.29, 1.82) is 0 Å². The minimum absolute atomic E-state index is 0.121. The lowest BCUT2D eigenvalue weighted by Gasteiger charge is -2.25. The Morgan fingerprint density at radius 1 is 1.38 bits per heavy atom. The Bertz CT molecular complexity index is 737. The molecule has 1 saturated heterocycles. The normalized spacial score (nSPS) is 18.0. The molecule has 9 heteroatoms. The van der Waals surface area contributed by atoms with E-state index in [4.69, 9.17) is 4.74 Å². The molecule has 1 aliphatic rings. The van der Waals surface area contributed by atoms with Crippen molar-refractivity contribution in [1.82, 2.24) is 24.6 Å². The minimum atomic E-state index is -0.494. The summed E-state index contributed by atoms with van der Waals surface area (Å²) in [5.74, 6) is -0.280. The maximum absolute atomic E-state index is 14.2. The zero-order valence-corrected chi connectivity index (χ0v) is 14.9. The highest BCUT2D eigenvalue weighted by Crippen LogP contribution is 2.20. The highest BCUT2D eigenvalue weighted by molar-refractivity contribution is 5.89. The van der Waals surface area contributed by atoms with E-state index in [0.29, 0.717) is 32.0 Å². The lowest BCUT2D eigenvalue weighted by molar-refractivity contribution is 0.112. The molecule has 2 amide bonds. The lowest BCUT2D eigenvalue weighted by atomic mass is 10.1. The molecule has 2 aromatic rings. The van der Waals surface area contributed by atoms with Crippen LogP contribution >= 0.6 is 0 Å². The molecular weight excluding hydrogens is 339 g/mol. The first-order valence-corrected chi connectivity index (χ1v) is 8.46. The van der Waals surface area contributed by atoms with Crippen LogP contribution in [0, 0.1) is 11.7 Å². The number of benzene rings is 1. The Hall–Kier alpha value is -2.52. The number of hydrogen-bond acceptors (Lipinski definition) is 5. The summed E-state index contributed by atoms with van der Waals surface area (Å²) in [5.41, 5.74) is 0.784. The lowest BCUT2D eigenvalue weighted by Crippen LogP contribution is -2.41. The van der Waals surface area contributed by atoms with E-state index in [2.05, 4.69) is 20.4 Å². The molecule has 1 aromatic heterocycles. The molecular formula is C17H23FN6O2. The van der Waals surface area contributed by atoms with Crippen LogP contribution in [-0.2, 0) is 4.74 Å². The Morgan fingerprint density at radius 3 is 2.88 bits per heavy atom. The highest BCUT2D eigenvalue weighted by Gasteiger charge is 2.23. The van der Waals surface area contributed by atoms with Crippen LogP contribution in [0.4, 0.5) is 14.9 Å². The smallest absolute Gasteiger partial charge is 0.322 e. The van der Waals surface area contributed by atoms with Gasteiger partial charge in [0.25, 0.3) is 0 Å². The van der Waals surface area contributed by atoms with Gasteiger partial charge >= 0.3 is 6.03 Å². The second kappa shape index (κ2) is 8.24. The summed E-state index contributed by atoms with van der Waals surface area (Å²) in [4.78, 5) is 16.4. The SMILES string of the molecule is CN(C)CC1COCCN(C(=O)Nc2cc(-n3cnnc3)ccc2F)C1. The number of hydrogen-bond donors (Lipinski definition) is 1. The number of carbonyl (C=O) groups is 1. The van der Waals surface area contributed by atoms with Gasteiger partial charge in [-0.15, -0.1) is 10.2 Å². The standard InChI is InChI=1S/C17H23FN6O2/c1-22(2)8-13-9-23(5-6-26-10-13)17(25)21-16-7-14(3-4-15(16)18)24-11-19-20-12-24/h3-4,7,11-13H,5-6,8-10H2,1-2H3,(H,21,25). The summed E-state index contributed by atoms with van der Waals surface area (Å²) >= 11 is 0. The van der Waals surface area contributed by atoms with Crippen molar-refractivity contribution < 1.29 is 13.9 Å². The van der Waals surface area contributed by atoms with E-state index >= 15 is 0 Å². The molecule has 1 unspecified atom stereocenters. The van der Waals surface area contributed by atoms with Crippen molar-refractivity contribution in [3.8, 4) is 5.69 Å². The number of ether oxygens (including phenoxy) is 1. The zero-order chi connectivity index (χ0) is 18.5. The van der Waals surface area contributed by atoms with Gasteiger partial charge in [-0.1, -0.05) is 0 Å². The number of nitrogens with zero attached hydrogens (tertiary/aromatic N) is 5. The largest absolute Gasteiger partial charge is 0.379 e. The van der Waals surface area contributed by atoms with Gasteiger partial charge in [-0.25, -0.2) is 9.18 Å². The molecule has 140 valence electrons. The fourth-order valence-electron chi connectivity index (χ4n) is 2.99. The second-order valence-corrected chi connectivity index (χ2v) is 6.61. The molecule has 0 saturated carbocycles. The van der Waals surface area contributed by atoms with Crippen molar-refractivity contribution in [2.24, 2.45) is 5.92 Å². The van der Waals surface area contributed by atoms with E-state index in [1.54, 1.807) is 21.6 Å². The monoisotopic (exact) mass is 362 g/mol. The van der Waals surface area contributed by atoms with Gasteiger partial charge in [0.05, 0.1) is 24.6 Å². The average Bonchev–Trinajstić information content (AvgIpc) is 3.03. The van der Waals surface area contributed by atoms with Gasteiger partial charge in [0, 0.05) is 25.6 Å². The van der Waals surface area contributed by atoms with Gasteiger partial charge in [-0.05, 0) is 32.3 Å². The fraction of sp³-hybridized carbons (Fsp3) is 0.471. The van der Waals surface area contributed by atoms with Crippen LogP contribution < -0.4 is 5.32 Å². The van der Waals surface area contributed by atoms with Crippen LogP contribution in [-0.4, -0.2) is 77.5 Å². The predicted molar refractivity (Wildman–Crippen MR) is 94.8 cm³/mol. The van der Waals surface area contributed by atoms with Crippen LogP contribution in [0.2, 0.25) is 0 Å². The molecule has 1 aromatic carbocycles. The molecule has 0 aliphatic carbocycles. The van der Waals surface area contributed by atoms with Crippen LogP contribution in [0.5, 0.6) is 0 Å². The van der Waals surface area contributed by atoms with Gasteiger partial charge < -0.3 is 19.9 Å². The van der Waals surface area contributed by atoms with E-state index in [9.17, 15) is 9.18 Å². The quantitative estimate of drug-likeness (QED) is 0.891. The molecule has 26 heavy (non-hydrogen) atoms. The average molecular weight is 362 g/mol. The van der Waals surface area contributed by atoms with Crippen molar-refractivity contribution in [2.75, 3.05) is 52.3 Å². The van der Waals surface area contributed by atoms with Crippen LogP contribution in [0.1, 0.15) is 0 Å². The van der Waals surface area contributed by atoms with E-state index in [-0.39, 0.29) is 17.6 Å². The Labute approximate surface area is 151 Å². The van der Waals surface area contributed by atoms with Gasteiger partial charge in [0.1, 0.15) is 18.5 Å². The summed E-state index contributed by atoms with van der Waals surface area (Å²) < 4.78 is 21.4. The molecule has 0 radical (unpaired) electrons. The number of halogens is 1. The number of anilines is 1. The first kappa shape index (κ1) is 18.3. The number of nitrogens with one attached hydrogen (secondary N) is 1. The van der Waals surface area contributed by atoms with Gasteiger partial charge in [-0.3, -0.25) is 4.57 Å². The maximum atomic E-state index is 14.2. The zero-order valence-electron chi connectivity index (χ0n) is 14.9. The summed E-state index contributed by atoms with van der Waals surface area (Å²) in [7, 11) is 3.97. The molecule has 1 aliphatic heterocycles. The molecule has 1 fully saturated rings. The van der Waals surface area contributed by atoms with Crippen LogP contribution in [0.15, 0.2) is 30.9 Å². The third-order valence-electron chi connectivity index (χ3n) is 4.16. The number of urea groups is 1. The Balaban J connectivity index is 1.71. The molecule has 0 bridgehead atoms. The van der Waals surface area contributed by atoms with E-state index < -0.39 is 5.82 Å². The first-order valence-electron chi connectivity index (χ1n) is 8.46. The van der Waals surface area contributed by atoms with Crippen molar-refractivity contribution in [3.63, 3.8) is 0 Å². The molecule has 2 heterocycles. The minimum Gasteiger partial charge on any atom is -0.379 e. The first-order chi connectivity index (χ1) is 12.5. The van der Waals surface area contributed by atoms with Crippen molar-refractivity contribution in [3.05, 3.63) is 36.7 Å². The highest BCUT2D eigenvalue weighted by atomic mass is 19.1. The molecule has 0 spiro atoms. The van der Waals surface area contributed by atoms with E-state index in [1.807, 2.05) is 14.1 Å². The number of carbonyl (C=O) groups excluding carboxylic acids is 1. The van der Waals surface area contributed by atoms with Crippen molar-refractivity contribution in [2.45, 2.75) is 0 Å². The Morgan fingerprint density at radius 2 is 2.15 bits per heavy atom. The van der Waals surface area contributed by atoms with E-state index in [0.717, 1.165) is 6.54 Å². The summed E-state index contributed by atoms with van der Waals surface area (Å²) in [6, 6.07) is 4.13. The summed E-state index contributed by atoms with van der Waals surface area (Å²) in [5, 5.41) is 10.1. The third-order valence-corrected chi connectivity index (χ3v) is 4.16. The summed E-state index contributed by atoms with van der Waals surface area (Å²) in [6.45, 7) is 2.94. The van der Waals surface area contributed by atoms with Gasteiger partial charge in [0.2, 0.25) is 0 Å². The van der Waals surface area contributed by atoms with Gasteiger partial charge in [0.15, 0.2) is 0 Å². The number of aromatic nitrogens is 3. The predicted octanol–water partition coefficient (Wildman–Crippen LogP) is 1.45. The molecule has 8 nitrogen and oxygen atoms in total. The Kier molecular flexibility index (Phi) is 5.79. The fourth-order valence-corrected chi connectivity index (χ4v) is 2.99. The van der Waals surface area contributed by atoms with Crippen LogP contribution in [0.3, 0.4) is 0 Å². The van der Waals surface area contributed by atoms with E-state index in [1.165, 1.54) is 18.7 Å². The van der Waals surface area contributed by atoms with Gasteiger partial charge in [-0.2, -0.15) is 0 Å². The summed E-state index contributed by atoms with van der Waals surface area (Å²) in [6.07, 6.45) is 3.02. The second-order valence-electron chi connectivity index (χ2n) is 6.61. The van der Waals surface area contributed by atoms with Crippen LogP contribution in [0.25, 0.3) is 5.69 Å². The third kappa shape index (κ3) is 4.55. The molecule has 3 rings (SSSR count). The maximum Gasteiger partial charge on any atom is 0.322 e. The number of rotatable bonds is 4. The van der Waals surface area contributed by atoms with Crippen molar-refractivity contribution >= 4 is 11.7 Å². The number of amides is 2. The molecule has 1 N–H and O–H groups in total.